The van der Waals surface area contributed by atoms with Crippen LogP contribution in [-0.4, -0.2) is 42.1 Å². The third kappa shape index (κ3) is 3.19. The summed E-state index contributed by atoms with van der Waals surface area (Å²) >= 11 is 0. The quantitative estimate of drug-likeness (QED) is 0.907. The van der Waals surface area contributed by atoms with E-state index in [1.165, 1.54) is 6.42 Å². The number of rotatable bonds is 2. The van der Waals surface area contributed by atoms with Crippen molar-refractivity contribution in [3.05, 3.63) is 42.1 Å². The van der Waals surface area contributed by atoms with Crippen LogP contribution >= 0.6 is 12.4 Å². The predicted octanol–water partition coefficient (Wildman–Crippen LogP) is 2.98. The second-order valence-electron chi connectivity index (χ2n) is 6.66. The third-order valence-electron chi connectivity index (χ3n) is 5.23. The maximum Gasteiger partial charge on any atom is 0.276 e. The second kappa shape index (κ2) is 6.95. The minimum atomic E-state index is -0.0169. The van der Waals surface area contributed by atoms with Crippen molar-refractivity contribution < 1.29 is 9.32 Å². The maximum atomic E-state index is 12.6. The van der Waals surface area contributed by atoms with Crippen molar-refractivity contribution in [3.8, 4) is 11.3 Å². The molecule has 0 radical (unpaired) electrons. The highest BCUT2D eigenvalue weighted by atomic mass is 35.5. The van der Waals surface area contributed by atoms with Gasteiger partial charge in [-0.3, -0.25) is 4.79 Å². The number of hydrogen-bond acceptors (Lipinski definition) is 4. The van der Waals surface area contributed by atoms with E-state index >= 15 is 0 Å². The van der Waals surface area contributed by atoms with E-state index in [2.05, 4.69) is 10.5 Å². The molecular formula is C18H22ClN3O2. The first-order valence-electron chi connectivity index (χ1n) is 8.28. The standard InChI is InChI=1S/C18H21N3O2.ClH/c22-17(21-10-7-18(8-11-21)6-9-19-13-18)15-12-16(23-20-15)14-4-2-1-3-5-14;/h1-5,12,19H,6-11,13H2;1H. The Balaban J connectivity index is 0.00000169. The Morgan fingerprint density at radius 2 is 1.92 bits per heavy atom. The molecule has 2 aliphatic heterocycles. The molecule has 1 N–H and O–H groups in total. The van der Waals surface area contributed by atoms with Crippen LogP contribution in [0, 0.1) is 5.41 Å². The molecule has 1 spiro atoms. The molecule has 2 fully saturated rings. The highest BCUT2D eigenvalue weighted by Gasteiger charge is 2.38. The molecule has 5 nitrogen and oxygen atoms in total. The van der Waals surface area contributed by atoms with Gasteiger partial charge in [0.05, 0.1) is 0 Å². The molecule has 1 aromatic carbocycles. The van der Waals surface area contributed by atoms with E-state index in [9.17, 15) is 4.79 Å². The molecule has 0 saturated carbocycles. The van der Waals surface area contributed by atoms with Gasteiger partial charge >= 0.3 is 0 Å². The fraction of sp³-hybridized carbons (Fsp3) is 0.444. The van der Waals surface area contributed by atoms with Crippen LogP contribution in [0.3, 0.4) is 0 Å². The molecule has 6 heteroatoms. The number of nitrogens with one attached hydrogen (secondary N) is 1. The fourth-order valence-electron chi connectivity index (χ4n) is 3.68. The summed E-state index contributed by atoms with van der Waals surface area (Å²) < 4.78 is 5.35. The minimum absolute atomic E-state index is 0. The minimum Gasteiger partial charge on any atom is -0.355 e. The number of aromatic nitrogens is 1. The molecule has 0 unspecified atom stereocenters. The smallest absolute Gasteiger partial charge is 0.276 e. The number of piperidine rings is 1. The number of nitrogens with zero attached hydrogens (tertiary/aromatic N) is 2. The zero-order valence-corrected chi connectivity index (χ0v) is 14.3. The van der Waals surface area contributed by atoms with E-state index in [0.29, 0.717) is 16.9 Å². The summed E-state index contributed by atoms with van der Waals surface area (Å²) in [5.41, 5.74) is 1.76. The van der Waals surface area contributed by atoms with Crippen LogP contribution in [0.4, 0.5) is 0 Å². The lowest BCUT2D eigenvalue weighted by molar-refractivity contribution is 0.0598. The van der Waals surface area contributed by atoms with Gasteiger partial charge in [-0.15, -0.1) is 12.4 Å². The van der Waals surface area contributed by atoms with Gasteiger partial charge in [-0.2, -0.15) is 0 Å². The average Bonchev–Trinajstić information content (AvgIpc) is 3.26. The Morgan fingerprint density at radius 1 is 1.17 bits per heavy atom. The van der Waals surface area contributed by atoms with E-state index in [1.807, 2.05) is 35.2 Å². The van der Waals surface area contributed by atoms with Crippen molar-refractivity contribution in [1.29, 1.82) is 0 Å². The van der Waals surface area contributed by atoms with Crippen molar-refractivity contribution in [3.63, 3.8) is 0 Å². The first-order chi connectivity index (χ1) is 11.3. The topological polar surface area (TPSA) is 58.4 Å². The number of benzene rings is 1. The van der Waals surface area contributed by atoms with E-state index < -0.39 is 0 Å². The van der Waals surface area contributed by atoms with Crippen molar-refractivity contribution in [2.45, 2.75) is 19.3 Å². The zero-order chi connectivity index (χ0) is 15.7. The molecule has 0 aliphatic carbocycles. The van der Waals surface area contributed by atoms with Crippen LogP contribution in [0.25, 0.3) is 11.3 Å². The molecule has 24 heavy (non-hydrogen) atoms. The van der Waals surface area contributed by atoms with Crippen LogP contribution in [0.5, 0.6) is 0 Å². The largest absolute Gasteiger partial charge is 0.355 e. The number of carbonyl (C=O) groups is 1. The van der Waals surface area contributed by atoms with Crippen LogP contribution in [-0.2, 0) is 0 Å². The summed E-state index contributed by atoms with van der Waals surface area (Å²) in [7, 11) is 0. The van der Waals surface area contributed by atoms with Gasteiger partial charge in [0.15, 0.2) is 11.5 Å². The average molecular weight is 348 g/mol. The summed E-state index contributed by atoms with van der Waals surface area (Å²) in [6.45, 7) is 3.83. The van der Waals surface area contributed by atoms with Crippen molar-refractivity contribution in [2.24, 2.45) is 5.41 Å². The third-order valence-corrected chi connectivity index (χ3v) is 5.23. The molecule has 0 atom stereocenters. The van der Waals surface area contributed by atoms with Gasteiger partial charge in [-0.05, 0) is 31.2 Å². The Kier molecular flexibility index (Phi) is 4.92. The fourth-order valence-corrected chi connectivity index (χ4v) is 3.68. The van der Waals surface area contributed by atoms with Gasteiger partial charge in [0.1, 0.15) is 0 Å². The Bertz CT molecular complexity index is 685. The van der Waals surface area contributed by atoms with Crippen LogP contribution < -0.4 is 5.32 Å². The monoisotopic (exact) mass is 347 g/mol. The number of halogens is 1. The molecule has 0 bridgehead atoms. The van der Waals surface area contributed by atoms with Gasteiger partial charge in [0, 0.05) is 31.3 Å². The second-order valence-corrected chi connectivity index (χ2v) is 6.66. The zero-order valence-electron chi connectivity index (χ0n) is 13.5. The number of hydrogen-bond donors (Lipinski definition) is 1. The molecule has 2 saturated heterocycles. The molecule has 4 rings (SSSR count). The highest BCUT2D eigenvalue weighted by molar-refractivity contribution is 5.93. The number of amides is 1. The Morgan fingerprint density at radius 3 is 2.58 bits per heavy atom. The van der Waals surface area contributed by atoms with E-state index in [0.717, 1.165) is 44.6 Å². The predicted molar refractivity (Wildman–Crippen MR) is 94.2 cm³/mol. The maximum absolute atomic E-state index is 12.6. The first kappa shape index (κ1) is 17.0. The summed E-state index contributed by atoms with van der Waals surface area (Å²) in [6, 6.07) is 11.5. The lowest BCUT2D eigenvalue weighted by Gasteiger charge is -2.38. The van der Waals surface area contributed by atoms with Gasteiger partial charge in [0.2, 0.25) is 0 Å². The van der Waals surface area contributed by atoms with E-state index in [4.69, 9.17) is 4.52 Å². The van der Waals surface area contributed by atoms with E-state index in [-0.39, 0.29) is 18.3 Å². The summed E-state index contributed by atoms with van der Waals surface area (Å²) in [5, 5.41) is 7.43. The number of carbonyl (C=O) groups excluding carboxylic acids is 1. The molecule has 1 amide bonds. The normalized spacial score (nSPS) is 19.2. The SMILES string of the molecule is Cl.O=C(c1cc(-c2ccccc2)on1)N1CCC2(CCNC2)CC1. The lowest BCUT2D eigenvalue weighted by Crippen LogP contribution is -2.44. The summed E-state index contributed by atoms with van der Waals surface area (Å²) in [5.74, 6) is 0.624. The van der Waals surface area contributed by atoms with Gasteiger partial charge < -0.3 is 14.7 Å². The van der Waals surface area contributed by atoms with Crippen molar-refractivity contribution in [1.82, 2.24) is 15.4 Å². The Hall–Kier alpha value is -1.85. The highest BCUT2D eigenvalue weighted by Crippen LogP contribution is 2.37. The van der Waals surface area contributed by atoms with Crippen LogP contribution in [0.15, 0.2) is 40.9 Å². The van der Waals surface area contributed by atoms with Crippen molar-refractivity contribution in [2.75, 3.05) is 26.2 Å². The molecule has 128 valence electrons. The summed E-state index contributed by atoms with van der Waals surface area (Å²) in [4.78, 5) is 14.5. The lowest BCUT2D eigenvalue weighted by atomic mass is 9.78. The molecule has 1 aromatic heterocycles. The van der Waals surface area contributed by atoms with Crippen LogP contribution in [0.2, 0.25) is 0 Å². The Labute approximate surface area is 147 Å². The molecule has 3 heterocycles. The van der Waals surface area contributed by atoms with Crippen molar-refractivity contribution >= 4 is 18.3 Å². The van der Waals surface area contributed by atoms with E-state index in [1.54, 1.807) is 6.07 Å². The summed E-state index contributed by atoms with van der Waals surface area (Å²) in [6.07, 6.45) is 3.39. The number of likely N-dealkylation sites (tertiary alicyclic amines) is 1. The van der Waals surface area contributed by atoms with Gasteiger partial charge in [-0.1, -0.05) is 35.5 Å². The molecule has 2 aliphatic rings. The van der Waals surface area contributed by atoms with Gasteiger partial charge in [0.25, 0.3) is 5.91 Å². The van der Waals surface area contributed by atoms with Crippen LogP contribution in [0.1, 0.15) is 29.8 Å². The van der Waals surface area contributed by atoms with Gasteiger partial charge in [-0.25, -0.2) is 0 Å². The molecule has 2 aromatic rings. The first-order valence-corrected chi connectivity index (χ1v) is 8.28. The molecular weight excluding hydrogens is 326 g/mol.